The molecule has 0 fully saturated rings. The third-order valence-corrected chi connectivity index (χ3v) is 2.73. The summed E-state index contributed by atoms with van der Waals surface area (Å²) in [4.78, 5) is 23.0. The average molecular weight is 248 g/mol. The summed E-state index contributed by atoms with van der Waals surface area (Å²) < 4.78 is 0. The minimum Gasteiger partial charge on any atom is -0.368 e. The third kappa shape index (κ3) is 4.99. The van der Waals surface area contributed by atoms with Crippen LogP contribution < -0.4 is 11.1 Å². The van der Waals surface area contributed by atoms with E-state index in [9.17, 15) is 9.59 Å². The summed E-state index contributed by atoms with van der Waals surface area (Å²) in [5.41, 5.74) is 6.19. The SMILES string of the molecule is CCCCC(NC(=O)Cc1ccccc1)C(N)=O. The molecule has 4 heteroatoms. The van der Waals surface area contributed by atoms with Crippen LogP contribution in [-0.2, 0) is 16.0 Å². The number of benzene rings is 1. The molecule has 0 aliphatic carbocycles. The highest BCUT2D eigenvalue weighted by atomic mass is 16.2. The number of nitrogens with two attached hydrogens (primary N) is 1. The fourth-order valence-corrected chi connectivity index (χ4v) is 1.72. The summed E-state index contributed by atoms with van der Waals surface area (Å²) in [5.74, 6) is -0.633. The van der Waals surface area contributed by atoms with Gasteiger partial charge in [0.1, 0.15) is 6.04 Å². The molecule has 2 amide bonds. The summed E-state index contributed by atoms with van der Waals surface area (Å²) in [6.45, 7) is 2.03. The van der Waals surface area contributed by atoms with Crippen molar-refractivity contribution in [3.8, 4) is 0 Å². The Labute approximate surface area is 108 Å². The maximum Gasteiger partial charge on any atom is 0.239 e. The standard InChI is InChI=1S/C14H20N2O2/c1-2-3-9-12(14(15)18)16-13(17)10-11-7-5-4-6-8-11/h4-8,12H,2-3,9-10H2,1H3,(H2,15,18)(H,16,17). The molecule has 1 aromatic carbocycles. The molecule has 0 radical (unpaired) electrons. The fraction of sp³-hybridized carbons (Fsp3) is 0.429. The molecule has 1 unspecified atom stereocenters. The molecule has 98 valence electrons. The molecular weight excluding hydrogens is 228 g/mol. The number of hydrogen-bond donors (Lipinski definition) is 2. The minimum absolute atomic E-state index is 0.166. The second-order valence-corrected chi connectivity index (χ2v) is 4.33. The van der Waals surface area contributed by atoms with Crippen LogP contribution in [0.25, 0.3) is 0 Å². The number of primary amides is 1. The smallest absolute Gasteiger partial charge is 0.239 e. The van der Waals surface area contributed by atoms with Crippen LogP contribution in [0.3, 0.4) is 0 Å². The normalized spacial score (nSPS) is 11.8. The van der Waals surface area contributed by atoms with Gasteiger partial charge in [-0.1, -0.05) is 50.1 Å². The first-order valence-electron chi connectivity index (χ1n) is 6.26. The van der Waals surface area contributed by atoms with Gasteiger partial charge in [0.25, 0.3) is 0 Å². The number of carbonyl (C=O) groups excluding carboxylic acids is 2. The predicted octanol–water partition coefficient (Wildman–Crippen LogP) is 1.39. The van der Waals surface area contributed by atoms with E-state index >= 15 is 0 Å². The van der Waals surface area contributed by atoms with Crippen LogP contribution in [0.4, 0.5) is 0 Å². The predicted molar refractivity (Wildman–Crippen MR) is 70.8 cm³/mol. The van der Waals surface area contributed by atoms with E-state index in [0.717, 1.165) is 18.4 Å². The van der Waals surface area contributed by atoms with Crippen LogP contribution in [0.15, 0.2) is 30.3 Å². The van der Waals surface area contributed by atoms with E-state index in [1.54, 1.807) is 0 Å². The highest BCUT2D eigenvalue weighted by molar-refractivity contribution is 5.87. The molecule has 0 spiro atoms. The summed E-state index contributed by atoms with van der Waals surface area (Å²) >= 11 is 0. The van der Waals surface area contributed by atoms with Crippen molar-refractivity contribution in [2.75, 3.05) is 0 Å². The first-order valence-corrected chi connectivity index (χ1v) is 6.26. The molecule has 1 rings (SSSR count). The number of rotatable bonds is 7. The van der Waals surface area contributed by atoms with Crippen LogP contribution in [0.5, 0.6) is 0 Å². The van der Waals surface area contributed by atoms with Gasteiger partial charge in [0.15, 0.2) is 0 Å². The van der Waals surface area contributed by atoms with Crippen LogP contribution in [0.1, 0.15) is 31.7 Å². The summed E-state index contributed by atoms with van der Waals surface area (Å²) in [6.07, 6.45) is 2.72. The van der Waals surface area contributed by atoms with Gasteiger partial charge in [-0.15, -0.1) is 0 Å². The van der Waals surface area contributed by atoms with E-state index in [1.165, 1.54) is 0 Å². The maximum absolute atomic E-state index is 11.8. The summed E-state index contributed by atoms with van der Waals surface area (Å²) in [7, 11) is 0. The maximum atomic E-state index is 11.8. The van der Waals surface area contributed by atoms with Crippen molar-refractivity contribution in [1.82, 2.24) is 5.32 Å². The van der Waals surface area contributed by atoms with Crippen molar-refractivity contribution in [3.05, 3.63) is 35.9 Å². The van der Waals surface area contributed by atoms with E-state index in [1.807, 2.05) is 37.3 Å². The van der Waals surface area contributed by atoms with E-state index < -0.39 is 11.9 Å². The zero-order valence-corrected chi connectivity index (χ0v) is 10.7. The van der Waals surface area contributed by atoms with Gasteiger partial charge < -0.3 is 11.1 Å². The van der Waals surface area contributed by atoms with E-state index in [-0.39, 0.29) is 12.3 Å². The van der Waals surface area contributed by atoms with Gasteiger partial charge in [-0.3, -0.25) is 9.59 Å². The Bertz CT molecular complexity index is 390. The second kappa shape index (κ2) is 7.48. The van der Waals surface area contributed by atoms with Gasteiger partial charge in [-0.05, 0) is 12.0 Å². The van der Waals surface area contributed by atoms with Crippen molar-refractivity contribution in [3.63, 3.8) is 0 Å². The Morgan fingerprint density at radius 1 is 1.28 bits per heavy atom. The van der Waals surface area contributed by atoms with Gasteiger partial charge in [0.05, 0.1) is 6.42 Å². The van der Waals surface area contributed by atoms with Gasteiger partial charge >= 0.3 is 0 Å². The van der Waals surface area contributed by atoms with Gasteiger partial charge in [-0.2, -0.15) is 0 Å². The lowest BCUT2D eigenvalue weighted by Gasteiger charge is -2.15. The monoisotopic (exact) mass is 248 g/mol. The highest BCUT2D eigenvalue weighted by Crippen LogP contribution is 2.03. The Morgan fingerprint density at radius 2 is 1.94 bits per heavy atom. The molecule has 0 bridgehead atoms. The molecule has 0 saturated carbocycles. The van der Waals surface area contributed by atoms with Crippen molar-refractivity contribution >= 4 is 11.8 Å². The first-order chi connectivity index (χ1) is 8.63. The molecule has 4 nitrogen and oxygen atoms in total. The third-order valence-electron chi connectivity index (χ3n) is 2.73. The van der Waals surface area contributed by atoms with Crippen LogP contribution in [0, 0.1) is 0 Å². The van der Waals surface area contributed by atoms with Gasteiger partial charge in [0, 0.05) is 0 Å². The van der Waals surface area contributed by atoms with Crippen molar-refractivity contribution in [2.45, 2.75) is 38.6 Å². The van der Waals surface area contributed by atoms with Crippen LogP contribution in [0.2, 0.25) is 0 Å². The molecule has 18 heavy (non-hydrogen) atoms. The molecule has 0 aromatic heterocycles. The summed E-state index contributed by atoms with van der Waals surface area (Å²) in [6, 6.07) is 8.86. The van der Waals surface area contributed by atoms with E-state index in [4.69, 9.17) is 5.73 Å². The Hall–Kier alpha value is -1.84. The number of nitrogens with one attached hydrogen (secondary N) is 1. The molecule has 0 aliphatic rings. The minimum atomic E-state index is -0.554. The number of hydrogen-bond acceptors (Lipinski definition) is 2. The Kier molecular flexibility index (Phi) is 5.91. The average Bonchev–Trinajstić information content (AvgIpc) is 2.35. The largest absolute Gasteiger partial charge is 0.368 e. The van der Waals surface area contributed by atoms with Crippen LogP contribution >= 0.6 is 0 Å². The molecule has 1 aromatic rings. The van der Waals surface area contributed by atoms with Crippen molar-refractivity contribution in [1.29, 1.82) is 0 Å². The Morgan fingerprint density at radius 3 is 2.50 bits per heavy atom. The van der Waals surface area contributed by atoms with Crippen molar-refractivity contribution < 1.29 is 9.59 Å². The number of unbranched alkanes of at least 4 members (excludes halogenated alkanes) is 1. The lowest BCUT2D eigenvalue weighted by atomic mass is 10.1. The Balaban J connectivity index is 2.48. The van der Waals surface area contributed by atoms with E-state index in [2.05, 4.69) is 5.32 Å². The molecule has 0 heterocycles. The first kappa shape index (κ1) is 14.2. The second-order valence-electron chi connectivity index (χ2n) is 4.33. The zero-order valence-electron chi connectivity index (χ0n) is 10.7. The van der Waals surface area contributed by atoms with Gasteiger partial charge in [0.2, 0.25) is 11.8 Å². The molecule has 0 aliphatic heterocycles. The summed E-state index contributed by atoms with van der Waals surface area (Å²) in [5, 5.41) is 2.69. The molecule has 1 atom stereocenters. The zero-order chi connectivity index (χ0) is 13.4. The van der Waals surface area contributed by atoms with Crippen molar-refractivity contribution in [2.24, 2.45) is 5.73 Å². The topological polar surface area (TPSA) is 72.2 Å². The fourth-order valence-electron chi connectivity index (χ4n) is 1.72. The van der Waals surface area contributed by atoms with Crippen LogP contribution in [-0.4, -0.2) is 17.9 Å². The number of carbonyl (C=O) groups is 2. The lowest BCUT2D eigenvalue weighted by molar-refractivity contribution is -0.127. The van der Waals surface area contributed by atoms with E-state index in [0.29, 0.717) is 6.42 Å². The number of amides is 2. The molecular formula is C14H20N2O2. The molecule has 0 saturated heterocycles. The highest BCUT2D eigenvalue weighted by Gasteiger charge is 2.17. The van der Waals surface area contributed by atoms with Gasteiger partial charge in [-0.25, -0.2) is 0 Å². The molecule has 3 N–H and O–H groups in total. The quantitative estimate of drug-likeness (QED) is 0.765. The lowest BCUT2D eigenvalue weighted by Crippen LogP contribution is -2.44.